The predicted molar refractivity (Wildman–Crippen MR) is 39.2 cm³/mol. The molecule has 2 rings (SSSR count). The highest BCUT2D eigenvalue weighted by Crippen LogP contribution is 2.32. The van der Waals surface area contributed by atoms with E-state index in [0.717, 1.165) is 12.8 Å². The third-order valence-electron chi connectivity index (χ3n) is 1.95. The van der Waals surface area contributed by atoms with Crippen LogP contribution in [0.2, 0.25) is 0 Å². The molecule has 2 N–H and O–H groups in total. The largest absolute Gasteiger partial charge is 0.391 e. The van der Waals surface area contributed by atoms with E-state index in [9.17, 15) is 4.79 Å². The number of aromatic nitrogens is 2. The molecule has 1 aliphatic carbocycles. The van der Waals surface area contributed by atoms with Crippen molar-refractivity contribution >= 4 is 0 Å². The zero-order chi connectivity index (χ0) is 7.84. The Morgan fingerprint density at radius 1 is 1.73 bits per heavy atom. The fraction of sp³-hybridized carbons (Fsp3) is 0.571. The van der Waals surface area contributed by atoms with Crippen molar-refractivity contribution in [3.05, 3.63) is 22.1 Å². The van der Waals surface area contributed by atoms with E-state index in [1.807, 2.05) is 0 Å². The molecule has 1 saturated carbocycles. The molecule has 1 heterocycles. The Kier molecular flexibility index (Phi) is 1.35. The van der Waals surface area contributed by atoms with Crippen molar-refractivity contribution in [2.45, 2.75) is 25.5 Å². The minimum absolute atomic E-state index is 0.0741. The van der Waals surface area contributed by atoms with Crippen molar-refractivity contribution < 1.29 is 5.11 Å². The fourth-order valence-corrected chi connectivity index (χ4v) is 1.14. The number of aromatic amines is 1. The molecule has 0 atom stereocenters. The van der Waals surface area contributed by atoms with Gasteiger partial charge in [0.1, 0.15) is 0 Å². The number of aliphatic hydroxyl groups is 1. The van der Waals surface area contributed by atoms with Crippen LogP contribution in [0.1, 0.15) is 24.4 Å². The maximum atomic E-state index is 11.3. The maximum Gasteiger partial charge on any atom is 0.272 e. The minimum Gasteiger partial charge on any atom is -0.391 e. The highest BCUT2D eigenvalue weighted by atomic mass is 16.3. The predicted octanol–water partition coefficient (Wildman–Crippen LogP) is 0.00360. The second kappa shape index (κ2) is 2.23. The van der Waals surface area contributed by atoms with Gasteiger partial charge in [-0.25, -0.2) is 4.68 Å². The van der Waals surface area contributed by atoms with Gasteiger partial charge in [-0.1, -0.05) is 0 Å². The summed E-state index contributed by atoms with van der Waals surface area (Å²) in [4.78, 5) is 11.3. The molecule has 0 radical (unpaired) electrons. The van der Waals surface area contributed by atoms with Gasteiger partial charge in [-0.15, -0.1) is 0 Å². The Bertz CT molecular complexity index is 308. The van der Waals surface area contributed by atoms with Crippen LogP contribution in [0.3, 0.4) is 0 Å². The summed E-state index contributed by atoms with van der Waals surface area (Å²) >= 11 is 0. The van der Waals surface area contributed by atoms with Crippen LogP contribution < -0.4 is 5.56 Å². The van der Waals surface area contributed by atoms with Crippen molar-refractivity contribution in [1.29, 1.82) is 0 Å². The summed E-state index contributed by atoms with van der Waals surface area (Å²) in [7, 11) is 0. The molecule has 0 unspecified atom stereocenters. The molecule has 60 valence electrons. The molecule has 0 saturated heterocycles. The smallest absolute Gasteiger partial charge is 0.272 e. The van der Waals surface area contributed by atoms with Gasteiger partial charge < -0.3 is 10.2 Å². The van der Waals surface area contributed by atoms with Crippen LogP contribution in [-0.4, -0.2) is 14.9 Å². The zero-order valence-corrected chi connectivity index (χ0v) is 6.08. The van der Waals surface area contributed by atoms with E-state index in [1.165, 1.54) is 0 Å². The van der Waals surface area contributed by atoms with E-state index in [2.05, 4.69) is 5.10 Å². The Labute approximate surface area is 63.4 Å². The monoisotopic (exact) mass is 154 g/mol. The van der Waals surface area contributed by atoms with Gasteiger partial charge in [0.2, 0.25) is 0 Å². The first-order valence-electron chi connectivity index (χ1n) is 3.72. The first-order chi connectivity index (χ1) is 5.33. The second-order valence-corrected chi connectivity index (χ2v) is 2.86. The Hall–Kier alpha value is -1.03. The molecular formula is C7H10N2O2. The number of hydrogen-bond acceptors (Lipinski definition) is 2. The van der Waals surface area contributed by atoms with Gasteiger partial charge in [-0.2, -0.15) is 0 Å². The number of rotatable bonds is 2. The quantitative estimate of drug-likeness (QED) is 0.630. The lowest BCUT2D eigenvalue weighted by atomic mass is 10.4. The van der Waals surface area contributed by atoms with E-state index in [1.54, 1.807) is 10.9 Å². The third-order valence-corrected chi connectivity index (χ3v) is 1.95. The topological polar surface area (TPSA) is 58.0 Å². The maximum absolute atomic E-state index is 11.3. The number of aliphatic hydroxyl groups excluding tert-OH is 1. The van der Waals surface area contributed by atoms with Crippen LogP contribution in [0.4, 0.5) is 0 Å². The Balaban J connectivity index is 2.41. The van der Waals surface area contributed by atoms with Gasteiger partial charge in [0.15, 0.2) is 0 Å². The van der Waals surface area contributed by atoms with Gasteiger partial charge in [-0.3, -0.25) is 4.79 Å². The summed E-state index contributed by atoms with van der Waals surface area (Å²) in [6, 6.07) is 0.364. The molecule has 11 heavy (non-hydrogen) atoms. The number of nitrogens with one attached hydrogen (secondary N) is 1. The van der Waals surface area contributed by atoms with Crippen LogP contribution in [0, 0.1) is 0 Å². The van der Waals surface area contributed by atoms with Crippen LogP contribution in [0.15, 0.2) is 11.0 Å². The van der Waals surface area contributed by atoms with Crippen molar-refractivity contribution in [1.82, 2.24) is 9.78 Å². The molecule has 1 aromatic rings. The Morgan fingerprint density at radius 2 is 2.45 bits per heavy atom. The van der Waals surface area contributed by atoms with Gasteiger partial charge >= 0.3 is 0 Å². The lowest BCUT2D eigenvalue weighted by Gasteiger charge is -1.93. The van der Waals surface area contributed by atoms with Gasteiger partial charge in [0, 0.05) is 6.20 Å². The van der Waals surface area contributed by atoms with Crippen molar-refractivity contribution in [3.63, 3.8) is 0 Å². The van der Waals surface area contributed by atoms with Gasteiger partial charge in [-0.05, 0) is 12.8 Å². The lowest BCUT2D eigenvalue weighted by Crippen LogP contribution is -2.17. The lowest BCUT2D eigenvalue weighted by molar-refractivity contribution is 0.280. The van der Waals surface area contributed by atoms with E-state index in [0.29, 0.717) is 11.6 Å². The minimum atomic E-state index is -0.172. The van der Waals surface area contributed by atoms with Crippen molar-refractivity contribution in [2.24, 2.45) is 0 Å². The second-order valence-electron chi connectivity index (χ2n) is 2.86. The van der Waals surface area contributed by atoms with Crippen LogP contribution >= 0.6 is 0 Å². The third kappa shape index (κ3) is 0.991. The molecule has 0 aromatic carbocycles. The fourth-order valence-electron chi connectivity index (χ4n) is 1.14. The molecule has 1 fully saturated rings. The van der Waals surface area contributed by atoms with Crippen molar-refractivity contribution in [3.8, 4) is 0 Å². The normalized spacial score (nSPS) is 17.2. The average molecular weight is 154 g/mol. The van der Waals surface area contributed by atoms with E-state index < -0.39 is 0 Å². The summed E-state index contributed by atoms with van der Waals surface area (Å²) < 4.78 is 1.59. The molecular weight excluding hydrogens is 144 g/mol. The average Bonchev–Trinajstić information content (AvgIpc) is 2.77. The number of H-pyrrole nitrogens is 1. The summed E-state index contributed by atoms with van der Waals surface area (Å²) in [5, 5.41) is 11.5. The van der Waals surface area contributed by atoms with E-state index in [4.69, 9.17) is 5.11 Å². The molecule has 1 aliphatic rings. The summed E-state index contributed by atoms with van der Waals surface area (Å²) in [5.41, 5.74) is 0.381. The highest BCUT2D eigenvalue weighted by Gasteiger charge is 2.26. The first kappa shape index (κ1) is 6.67. The van der Waals surface area contributed by atoms with Crippen molar-refractivity contribution in [2.75, 3.05) is 0 Å². The SMILES string of the molecule is O=c1c(CO)c[nH]n1C1CC1. The summed E-state index contributed by atoms with van der Waals surface area (Å²) in [5.74, 6) is 0. The molecule has 1 aromatic heterocycles. The standard InChI is InChI=1S/C7H10N2O2/c10-4-5-3-8-9(7(5)11)6-1-2-6/h3,6,8,10H,1-2,4H2. The van der Waals surface area contributed by atoms with Crippen LogP contribution in [-0.2, 0) is 6.61 Å². The van der Waals surface area contributed by atoms with Gasteiger partial charge in [0.25, 0.3) is 5.56 Å². The first-order valence-corrected chi connectivity index (χ1v) is 3.72. The molecule has 0 amide bonds. The molecule has 0 aliphatic heterocycles. The van der Waals surface area contributed by atoms with Crippen LogP contribution in [0.5, 0.6) is 0 Å². The molecule has 0 bridgehead atoms. The highest BCUT2D eigenvalue weighted by molar-refractivity contribution is 5.04. The zero-order valence-electron chi connectivity index (χ0n) is 6.08. The number of hydrogen-bond donors (Lipinski definition) is 2. The van der Waals surface area contributed by atoms with E-state index in [-0.39, 0.29) is 12.2 Å². The molecule has 4 nitrogen and oxygen atoms in total. The summed E-state index contributed by atoms with van der Waals surface area (Å²) in [6.07, 6.45) is 3.72. The van der Waals surface area contributed by atoms with Crippen LogP contribution in [0.25, 0.3) is 0 Å². The molecule has 0 spiro atoms. The number of nitrogens with zero attached hydrogens (tertiary/aromatic N) is 1. The van der Waals surface area contributed by atoms with Gasteiger partial charge in [0.05, 0.1) is 18.2 Å². The van der Waals surface area contributed by atoms with E-state index >= 15 is 0 Å². The summed E-state index contributed by atoms with van der Waals surface area (Å²) in [6.45, 7) is -0.172. The Morgan fingerprint density at radius 3 is 2.91 bits per heavy atom. The molecule has 4 heteroatoms.